The number of Topliss-reactive ketones (excluding diaryl/α,β-unsaturated/α-hetero) is 1. The number of carbonyl (C=O) groups excluding carboxylic acids is 1. The monoisotopic (exact) mass is 328 g/mol. The molecule has 0 bridgehead atoms. The molecule has 0 spiro atoms. The Labute approximate surface area is 117 Å². The molecule has 0 amide bonds. The minimum absolute atomic E-state index is 0.0299. The van der Waals surface area contributed by atoms with E-state index in [-0.39, 0.29) is 18.0 Å². The molecule has 0 aliphatic carbocycles. The molecule has 1 aromatic heterocycles. The molecule has 1 aromatic carbocycles. The van der Waals surface area contributed by atoms with Crippen molar-refractivity contribution in [1.82, 2.24) is 0 Å². The van der Waals surface area contributed by atoms with Crippen molar-refractivity contribution in [2.75, 3.05) is 7.11 Å². The van der Waals surface area contributed by atoms with Crippen molar-refractivity contribution in [2.45, 2.75) is 6.42 Å². The highest BCUT2D eigenvalue weighted by atomic mass is 79.9. The molecule has 5 heteroatoms. The average Bonchev–Trinajstić information content (AvgIpc) is 2.78. The summed E-state index contributed by atoms with van der Waals surface area (Å²) in [5.41, 5.74) is 0.347. The van der Waals surface area contributed by atoms with E-state index in [9.17, 15) is 9.18 Å². The first kappa shape index (κ1) is 13.2. The Kier molecular flexibility index (Phi) is 4.14. The van der Waals surface area contributed by atoms with Gasteiger partial charge in [0.05, 0.1) is 12.0 Å². The Morgan fingerprint density at radius 1 is 1.44 bits per heavy atom. The Morgan fingerprint density at radius 2 is 2.22 bits per heavy atom. The minimum Gasteiger partial charge on any atom is -0.494 e. The standard InChI is InChI=1S/C13H10BrFO2S/c1-17-11-4-2-3-8(12(11)15)7-10(16)13-9(14)5-6-18-13/h2-6H,7H2,1H3. The predicted molar refractivity (Wildman–Crippen MR) is 73.0 cm³/mol. The maximum absolute atomic E-state index is 13.9. The Hall–Kier alpha value is -1.20. The van der Waals surface area contributed by atoms with Crippen LogP contribution < -0.4 is 4.74 Å². The molecule has 0 aliphatic rings. The van der Waals surface area contributed by atoms with Gasteiger partial charge in [-0.1, -0.05) is 12.1 Å². The van der Waals surface area contributed by atoms with E-state index in [4.69, 9.17) is 4.74 Å². The number of hydrogen-bond acceptors (Lipinski definition) is 3. The second kappa shape index (κ2) is 5.63. The molecule has 0 fully saturated rings. The van der Waals surface area contributed by atoms with E-state index in [1.165, 1.54) is 24.5 Å². The molecule has 1 heterocycles. The molecule has 0 atom stereocenters. The van der Waals surface area contributed by atoms with Gasteiger partial charge < -0.3 is 4.74 Å². The van der Waals surface area contributed by atoms with Crippen molar-refractivity contribution in [3.05, 3.63) is 50.4 Å². The number of benzene rings is 1. The maximum atomic E-state index is 13.9. The van der Waals surface area contributed by atoms with Crippen molar-refractivity contribution in [3.8, 4) is 5.75 Å². The van der Waals surface area contributed by atoms with Crippen LogP contribution in [-0.2, 0) is 6.42 Å². The average molecular weight is 329 g/mol. The molecule has 2 rings (SSSR count). The van der Waals surface area contributed by atoms with Crippen LogP contribution in [-0.4, -0.2) is 12.9 Å². The molecule has 0 N–H and O–H groups in total. The van der Waals surface area contributed by atoms with Crippen molar-refractivity contribution in [1.29, 1.82) is 0 Å². The molecule has 94 valence electrons. The van der Waals surface area contributed by atoms with Gasteiger partial charge in [0, 0.05) is 10.9 Å². The van der Waals surface area contributed by atoms with Gasteiger partial charge in [-0.3, -0.25) is 4.79 Å². The number of hydrogen-bond donors (Lipinski definition) is 0. The number of ketones is 1. The zero-order valence-corrected chi connectivity index (χ0v) is 12.0. The molecular weight excluding hydrogens is 319 g/mol. The number of rotatable bonds is 4. The van der Waals surface area contributed by atoms with Crippen LogP contribution in [0.2, 0.25) is 0 Å². The van der Waals surface area contributed by atoms with Gasteiger partial charge in [0.15, 0.2) is 17.3 Å². The van der Waals surface area contributed by atoms with E-state index >= 15 is 0 Å². The highest BCUT2D eigenvalue weighted by Gasteiger charge is 2.16. The summed E-state index contributed by atoms with van der Waals surface area (Å²) in [6.45, 7) is 0. The van der Waals surface area contributed by atoms with Gasteiger partial charge in [0.2, 0.25) is 0 Å². The van der Waals surface area contributed by atoms with Crippen LogP contribution in [0, 0.1) is 5.82 Å². The first-order valence-corrected chi connectivity index (χ1v) is 6.88. The molecule has 18 heavy (non-hydrogen) atoms. The third-order valence-electron chi connectivity index (χ3n) is 2.48. The number of ether oxygens (including phenoxy) is 1. The fourth-order valence-corrected chi connectivity index (χ4v) is 3.13. The Bertz CT molecular complexity index is 580. The van der Waals surface area contributed by atoms with E-state index in [1.807, 2.05) is 5.38 Å². The topological polar surface area (TPSA) is 26.3 Å². The highest BCUT2D eigenvalue weighted by molar-refractivity contribution is 9.10. The minimum atomic E-state index is -0.471. The third kappa shape index (κ3) is 2.62. The van der Waals surface area contributed by atoms with Crippen molar-refractivity contribution < 1.29 is 13.9 Å². The smallest absolute Gasteiger partial charge is 0.178 e. The molecule has 0 radical (unpaired) electrons. The number of halogens is 2. The quantitative estimate of drug-likeness (QED) is 0.790. The van der Waals surface area contributed by atoms with Gasteiger partial charge in [-0.05, 0) is 39.0 Å². The summed E-state index contributed by atoms with van der Waals surface area (Å²) in [6, 6.07) is 6.61. The first-order valence-electron chi connectivity index (χ1n) is 5.21. The summed E-state index contributed by atoms with van der Waals surface area (Å²) < 4.78 is 19.5. The van der Waals surface area contributed by atoms with Crippen LogP contribution >= 0.6 is 27.3 Å². The van der Waals surface area contributed by atoms with Crippen LogP contribution in [0.4, 0.5) is 4.39 Å². The van der Waals surface area contributed by atoms with E-state index in [1.54, 1.807) is 18.2 Å². The van der Waals surface area contributed by atoms with E-state index in [2.05, 4.69) is 15.9 Å². The largest absolute Gasteiger partial charge is 0.494 e. The molecule has 2 nitrogen and oxygen atoms in total. The van der Waals surface area contributed by atoms with E-state index in [0.29, 0.717) is 10.4 Å². The van der Waals surface area contributed by atoms with Crippen molar-refractivity contribution in [3.63, 3.8) is 0 Å². The second-order valence-corrected chi connectivity index (χ2v) is 5.40. The molecule has 2 aromatic rings. The third-order valence-corrected chi connectivity index (χ3v) is 4.36. The lowest BCUT2D eigenvalue weighted by molar-refractivity contribution is 0.0995. The lowest BCUT2D eigenvalue weighted by atomic mass is 10.1. The fraction of sp³-hybridized carbons (Fsp3) is 0.154. The van der Waals surface area contributed by atoms with Crippen molar-refractivity contribution in [2.24, 2.45) is 0 Å². The summed E-state index contributed by atoms with van der Waals surface area (Å²) in [6.07, 6.45) is 0.0299. The summed E-state index contributed by atoms with van der Waals surface area (Å²) in [4.78, 5) is 12.6. The molecular formula is C13H10BrFO2S. The molecule has 0 unspecified atom stereocenters. The van der Waals surface area contributed by atoms with Gasteiger partial charge in [-0.15, -0.1) is 11.3 Å². The van der Waals surface area contributed by atoms with Gasteiger partial charge >= 0.3 is 0 Å². The Morgan fingerprint density at radius 3 is 2.83 bits per heavy atom. The lowest BCUT2D eigenvalue weighted by Gasteiger charge is -2.06. The SMILES string of the molecule is COc1cccc(CC(=O)c2sccc2Br)c1F. The van der Waals surface area contributed by atoms with Crippen LogP contribution in [0.25, 0.3) is 0 Å². The number of methoxy groups -OCH3 is 1. The van der Waals surface area contributed by atoms with Crippen LogP contribution in [0.3, 0.4) is 0 Å². The zero-order valence-electron chi connectivity index (χ0n) is 9.57. The van der Waals surface area contributed by atoms with E-state index < -0.39 is 5.82 Å². The van der Waals surface area contributed by atoms with Crippen molar-refractivity contribution >= 4 is 33.0 Å². The molecule has 0 aliphatic heterocycles. The van der Waals surface area contributed by atoms with Crippen LogP contribution in [0.1, 0.15) is 15.2 Å². The van der Waals surface area contributed by atoms with Crippen LogP contribution in [0.5, 0.6) is 5.75 Å². The summed E-state index contributed by atoms with van der Waals surface area (Å²) >= 11 is 4.64. The maximum Gasteiger partial charge on any atom is 0.178 e. The highest BCUT2D eigenvalue weighted by Crippen LogP contribution is 2.26. The fourth-order valence-electron chi connectivity index (χ4n) is 1.60. The number of carbonyl (C=O) groups is 1. The lowest BCUT2D eigenvalue weighted by Crippen LogP contribution is -2.04. The molecule has 0 saturated heterocycles. The van der Waals surface area contributed by atoms with Gasteiger partial charge in [0.1, 0.15) is 0 Å². The summed E-state index contributed by atoms with van der Waals surface area (Å²) in [5.74, 6) is -0.421. The Balaban J connectivity index is 2.25. The summed E-state index contributed by atoms with van der Waals surface area (Å²) in [5, 5.41) is 1.82. The zero-order chi connectivity index (χ0) is 13.1. The van der Waals surface area contributed by atoms with Gasteiger partial charge in [-0.25, -0.2) is 4.39 Å². The predicted octanol–water partition coefficient (Wildman–Crippen LogP) is 4.08. The molecule has 0 saturated carbocycles. The van der Waals surface area contributed by atoms with Gasteiger partial charge in [0.25, 0.3) is 0 Å². The van der Waals surface area contributed by atoms with Crippen LogP contribution in [0.15, 0.2) is 34.1 Å². The normalized spacial score (nSPS) is 10.4. The van der Waals surface area contributed by atoms with E-state index in [0.717, 1.165) is 4.47 Å². The first-order chi connectivity index (χ1) is 8.63. The summed E-state index contributed by atoms with van der Waals surface area (Å²) in [7, 11) is 1.40. The second-order valence-electron chi connectivity index (χ2n) is 3.63. The van der Waals surface area contributed by atoms with Gasteiger partial charge in [-0.2, -0.15) is 0 Å². The number of thiophene rings is 1.